The summed E-state index contributed by atoms with van der Waals surface area (Å²) in [7, 11) is 0. The number of rotatable bonds is 6. The van der Waals surface area contributed by atoms with E-state index < -0.39 is 0 Å². The van der Waals surface area contributed by atoms with Crippen LogP contribution in [-0.4, -0.2) is 16.6 Å². The molecule has 0 saturated heterocycles. The molecule has 3 nitrogen and oxygen atoms in total. The Morgan fingerprint density at radius 1 is 0.966 bits per heavy atom. The van der Waals surface area contributed by atoms with Crippen LogP contribution in [0.4, 0.5) is 5.13 Å². The smallest absolute Gasteiger partial charge is 0.239 e. The lowest BCUT2D eigenvalue weighted by molar-refractivity contribution is -0.116. The average Bonchev–Trinajstić information content (AvgIpc) is 3.15. The third kappa shape index (κ3) is 4.86. The molecule has 3 aromatic carbocycles. The number of carbonyl (C=O) groups excluding carboxylic acids is 1. The Morgan fingerprint density at radius 3 is 2.45 bits per heavy atom. The van der Waals surface area contributed by atoms with Gasteiger partial charge in [-0.15, -0.1) is 11.8 Å². The lowest BCUT2D eigenvalue weighted by Crippen LogP contribution is -2.31. The van der Waals surface area contributed by atoms with E-state index in [4.69, 9.17) is 4.98 Å². The quantitative estimate of drug-likeness (QED) is 0.348. The third-order valence-corrected chi connectivity index (χ3v) is 6.67. The van der Waals surface area contributed by atoms with Gasteiger partial charge in [0.25, 0.3) is 0 Å². The second kappa shape index (κ2) is 8.80. The number of hydrogen-bond donors (Lipinski definition) is 0. The summed E-state index contributed by atoms with van der Waals surface area (Å²) in [5, 5.41) is 0.754. The van der Waals surface area contributed by atoms with Crippen LogP contribution in [0.15, 0.2) is 77.7 Å². The van der Waals surface area contributed by atoms with Crippen LogP contribution in [0.5, 0.6) is 0 Å². The SMILES string of the molecule is Cc1ccc(SCC(=O)N(Cc2ccccc2)c2nc3ccc(C)cc3s2)cc1. The summed E-state index contributed by atoms with van der Waals surface area (Å²) in [5.41, 5.74) is 4.45. The fourth-order valence-corrected chi connectivity index (χ4v) is 4.88. The highest BCUT2D eigenvalue weighted by molar-refractivity contribution is 8.00. The van der Waals surface area contributed by atoms with Crippen molar-refractivity contribution in [3.8, 4) is 0 Å². The van der Waals surface area contributed by atoms with Gasteiger partial charge in [0.1, 0.15) is 0 Å². The van der Waals surface area contributed by atoms with E-state index in [1.807, 2.05) is 41.3 Å². The maximum atomic E-state index is 13.2. The van der Waals surface area contributed by atoms with E-state index in [1.165, 1.54) is 11.1 Å². The largest absolute Gasteiger partial charge is 0.283 e. The molecule has 4 rings (SSSR count). The number of fused-ring (bicyclic) bond motifs is 1. The first-order valence-corrected chi connectivity index (χ1v) is 11.3. The molecule has 0 atom stereocenters. The van der Waals surface area contributed by atoms with Gasteiger partial charge in [-0.05, 0) is 49.2 Å². The molecule has 1 heterocycles. The summed E-state index contributed by atoms with van der Waals surface area (Å²) in [6, 6.07) is 24.6. The highest BCUT2D eigenvalue weighted by Gasteiger charge is 2.20. The minimum atomic E-state index is 0.0650. The second-order valence-electron chi connectivity index (χ2n) is 7.03. The Labute approximate surface area is 179 Å². The number of benzene rings is 3. The zero-order valence-corrected chi connectivity index (χ0v) is 18.1. The summed E-state index contributed by atoms with van der Waals surface area (Å²) in [5.74, 6) is 0.445. The molecule has 146 valence electrons. The van der Waals surface area contributed by atoms with E-state index >= 15 is 0 Å². The molecule has 0 unspecified atom stereocenters. The number of thioether (sulfide) groups is 1. The fourth-order valence-electron chi connectivity index (χ4n) is 3.02. The Morgan fingerprint density at radius 2 is 1.69 bits per heavy atom. The zero-order valence-electron chi connectivity index (χ0n) is 16.5. The highest BCUT2D eigenvalue weighted by Crippen LogP contribution is 2.31. The molecule has 0 aliphatic carbocycles. The highest BCUT2D eigenvalue weighted by atomic mass is 32.2. The van der Waals surface area contributed by atoms with Gasteiger partial charge in [-0.3, -0.25) is 9.69 Å². The van der Waals surface area contributed by atoms with Crippen LogP contribution in [0, 0.1) is 13.8 Å². The molecule has 0 radical (unpaired) electrons. The number of amides is 1. The second-order valence-corrected chi connectivity index (χ2v) is 9.09. The number of anilines is 1. The van der Waals surface area contributed by atoms with Gasteiger partial charge in [0.05, 0.1) is 22.5 Å². The molecule has 1 amide bonds. The van der Waals surface area contributed by atoms with Crippen molar-refractivity contribution < 1.29 is 4.79 Å². The summed E-state index contributed by atoms with van der Waals surface area (Å²) in [6.07, 6.45) is 0. The molecule has 1 aromatic heterocycles. The van der Waals surface area contributed by atoms with Crippen molar-refractivity contribution in [3.63, 3.8) is 0 Å². The van der Waals surface area contributed by atoms with Gasteiger partial charge in [-0.1, -0.05) is 65.4 Å². The maximum Gasteiger partial charge on any atom is 0.239 e. The summed E-state index contributed by atoms with van der Waals surface area (Å²) >= 11 is 3.14. The number of aromatic nitrogens is 1. The van der Waals surface area contributed by atoms with Crippen LogP contribution in [0.2, 0.25) is 0 Å². The van der Waals surface area contributed by atoms with Crippen LogP contribution >= 0.6 is 23.1 Å². The molecule has 4 aromatic rings. The van der Waals surface area contributed by atoms with Gasteiger partial charge < -0.3 is 0 Å². The normalized spacial score (nSPS) is 11.0. The standard InChI is InChI=1S/C24H22N2OS2/c1-17-8-11-20(12-9-17)28-16-23(27)26(15-19-6-4-3-5-7-19)24-25-21-13-10-18(2)14-22(21)29-24/h3-14H,15-16H2,1-2H3. The Hall–Kier alpha value is -2.63. The van der Waals surface area contributed by atoms with Crippen molar-refractivity contribution in [1.29, 1.82) is 0 Å². The molecular formula is C24H22N2OS2. The van der Waals surface area contributed by atoms with Crippen molar-refractivity contribution in [1.82, 2.24) is 4.98 Å². The van der Waals surface area contributed by atoms with Gasteiger partial charge in [-0.2, -0.15) is 0 Å². The van der Waals surface area contributed by atoms with Crippen molar-refractivity contribution >= 4 is 44.4 Å². The van der Waals surface area contributed by atoms with Crippen molar-refractivity contribution in [2.75, 3.05) is 10.7 Å². The van der Waals surface area contributed by atoms with Gasteiger partial charge in [0.15, 0.2) is 5.13 Å². The van der Waals surface area contributed by atoms with E-state index in [0.29, 0.717) is 12.3 Å². The zero-order chi connectivity index (χ0) is 20.2. The van der Waals surface area contributed by atoms with Gasteiger partial charge >= 0.3 is 0 Å². The van der Waals surface area contributed by atoms with Gasteiger partial charge in [0, 0.05) is 4.90 Å². The van der Waals surface area contributed by atoms with Crippen LogP contribution in [0.3, 0.4) is 0 Å². The number of aryl methyl sites for hydroxylation is 2. The molecular weight excluding hydrogens is 396 g/mol. The lowest BCUT2D eigenvalue weighted by atomic mass is 10.2. The molecule has 0 spiro atoms. The first-order valence-electron chi connectivity index (χ1n) is 9.49. The van der Waals surface area contributed by atoms with Crippen LogP contribution in [-0.2, 0) is 11.3 Å². The maximum absolute atomic E-state index is 13.2. The van der Waals surface area contributed by atoms with E-state index in [2.05, 4.69) is 50.2 Å². The minimum Gasteiger partial charge on any atom is -0.283 e. The molecule has 0 saturated carbocycles. The predicted octanol–water partition coefficient (Wildman–Crippen LogP) is 6.24. The fraction of sp³-hybridized carbons (Fsp3) is 0.167. The number of nitrogens with zero attached hydrogens (tertiary/aromatic N) is 2. The number of carbonyl (C=O) groups is 1. The predicted molar refractivity (Wildman–Crippen MR) is 124 cm³/mol. The Balaban J connectivity index is 1.59. The first kappa shape index (κ1) is 19.7. The first-order chi connectivity index (χ1) is 14.1. The Kier molecular flexibility index (Phi) is 5.97. The van der Waals surface area contributed by atoms with Gasteiger partial charge in [0.2, 0.25) is 5.91 Å². The molecule has 0 aliphatic heterocycles. The molecule has 0 aliphatic rings. The van der Waals surface area contributed by atoms with E-state index in [9.17, 15) is 4.79 Å². The molecule has 0 fully saturated rings. The van der Waals surface area contributed by atoms with Crippen molar-refractivity contribution in [3.05, 3.63) is 89.5 Å². The number of thiazole rings is 1. The van der Waals surface area contributed by atoms with Crippen molar-refractivity contribution in [2.45, 2.75) is 25.3 Å². The summed E-state index contributed by atoms with van der Waals surface area (Å²) in [4.78, 5) is 20.9. The van der Waals surface area contributed by atoms with Crippen LogP contribution in [0.25, 0.3) is 10.2 Å². The molecule has 0 N–H and O–H groups in total. The van der Waals surface area contributed by atoms with Crippen molar-refractivity contribution in [2.24, 2.45) is 0 Å². The molecule has 29 heavy (non-hydrogen) atoms. The van der Waals surface area contributed by atoms with Crippen LogP contribution in [0.1, 0.15) is 16.7 Å². The average molecular weight is 419 g/mol. The topological polar surface area (TPSA) is 33.2 Å². The molecule has 0 bridgehead atoms. The minimum absolute atomic E-state index is 0.0650. The van der Waals surface area contributed by atoms with Gasteiger partial charge in [-0.25, -0.2) is 4.98 Å². The molecule has 5 heteroatoms. The number of hydrogen-bond acceptors (Lipinski definition) is 4. The third-order valence-electron chi connectivity index (χ3n) is 4.63. The van der Waals surface area contributed by atoms with E-state index in [1.54, 1.807) is 23.1 Å². The van der Waals surface area contributed by atoms with E-state index in [-0.39, 0.29) is 5.91 Å². The lowest BCUT2D eigenvalue weighted by Gasteiger charge is -2.20. The van der Waals surface area contributed by atoms with E-state index in [0.717, 1.165) is 25.8 Å². The summed E-state index contributed by atoms with van der Waals surface area (Å²) in [6.45, 7) is 4.66. The summed E-state index contributed by atoms with van der Waals surface area (Å²) < 4.78 is 1.11. The monoisotopic (exact) mass is 418 g/mol. The van der Waals surface area contributed by atoms with Crippen LogP contribution < -0.4 is 4.90 Å². The Bertz CT molecular complexity index is 1120.